The van der Waals surface area contributed by atoms with E-state index in [4.69, 9.17) is 4.84 Å². The zero-order valence-corrected chi connectivity index (χ0v) is 5.77. The minimum absolute atomic E-state index is 0.207. The van der Waals surface area contributed by atoms with E-state index < -0.39 is 0 Å². The molecule has 8 heavy (non-hydrogen) atoms. The maximum absolute atomic E-state index is 5.13. The van der Waals surface area contributed by atoms with E-state index in [0.29, 0.717) is 0 Å². The Morgan fingerprint density at radius 1 is 1.38 bits per heavy atom. The Morgan fingerprint density at radius 3 is 1.88 bits per heavy atom. The fourth-order valence-electron chi connectivity index (χ4n) is 0.712. The van der Waals surface area contributed by atoms with Gasteiger partial charge in [0.25, 0.3) is 0 Å². The summed E-state index contributed by atoms with van der Waals surface area (Å²) < 4.78 is 0. The van der Waals surface area contributed by atoms with Crippen LogP contribution in [0, 0.1) is 0 Å². The summed E-state index contributed by atoms with van der Waals surface area (Å²) in [5.41, 5.74) is 0.207. The minimum atomic E-state index is 0.207. The normalized spacial score (nSPS) is 22.9. The zero-order valence-electron chi connectivity index (χ0n) is 5.77. The summed E-state index contributed by atoms with van der Waals surface area (Å²) >= 11 is 0. The van der Waals surface area contributed by atoms with Gasteiger partial charge in [-0.15, -0.1) is 0 Å². The van der Waals surface area contributed by atoms with Crippen molar-refractivity contribution in [2.75, 3.05) is 13.2 Å². The summed E-state index contributed by atoms with van der Waals surface area (Å²) in [4.78, 5) is 5.13. The zero-order chi connectivity index (χ0) is 6.20. The van der Waals surface area contributed by atoms with Crippen molar-refractivity contribution >= 4 is 0 Å². The molecule has 1 fully saturated rings. The van der Waals surface area contributed by atoms with Gasteiger partial charge < -0.3 is 0 Å². The highest BCUT2D eigenvalue weighted by atomic mass is 16.7. The van der Waals surface area contributed by atoms with Crippen LogP contribution in [0.2, 0.25) is 0 Å². The van der Waals surface area contributed by atoms with Crippen LogP contribution < -0.4 is 0 Å². The van der Waals surface area contributed by atoms with Crippen molar-refractivity contribution in [3.05, 3.63) is 0 Å². The van der Waals surface area contributed by atoms with Gasteiger partial charge in [0.2, 0.25) is 0 Å². The maximum Gasteiger partial charge on any atom is 0.0836 e. The van der Waals surface area contributed by atoms with Gasteiger partial charge in [-0.3, -0.25) is 4.84 Å². The smallest absolute Gasteiger partial charge is 0.0836 e. The molecule has 2 nitrogen and oxygen atoms in total. The van der Waals surface area contributed by atoms with Crippen molar-refractivity contribution in [1.29, 1.82) is 0 Å². The van der Waals surface area contributed by atoms with Crippen LogP contribution in [0.3, 0.4) is 0 Å². The first-order chi connectivity index (χ1) is 3.61. The fourth-order valence-corrected chi connectivity index (χ4v) is 0.712. The summed E-state index contributed by atoms with van der Waals surface area (Å²) in [5, 5.41) is 1.99. The molecule has 0 saturated carbocycles. The molecule has 0 aromatic heterocycles. The Bertz CT molecular complexity index is 81.0. The van der Waals surface area contributed by atoms with E-state index in [1.54, 1.807) is 0 Å². The van der Waals surface area contributed by atoms with Crippen molar-refractivity contribution < 1.29 is 4.84 Å². The summed E-state index contributed by atoms with van der Waals surface area (Å²) in [5.74, 6) is 0. The van der Waals surface area contributed by atoms with Gasteiger partial charge in [0.15, 0.2) is 0 Å². The maximum atomic E-state index is 5.13. The lowest BCUT2D eigenvalue weighted by atomic mass is 10.1. The van der Waals surface area contributed by atoms with Gasteiger partial charge in [0, 0.05) is 5.54 Å². The Hall–Kier alpha value is -0.0800. The molecule has 1 saturated heterocycles. The van der Waals surface area contributed by atoms with Crippen LogP contribution >= 0.6 is 0 Å². The molecule has 0 bridgehead atoms. The van der Waals surface area contributed by atoms with Crippen LogP contribution in [0.1, 0.15) is 20.8 Å². The molecule has 2 heteroatoms. The number of hydrogen-bond acceptors (Lipinski definition) is 2. The van der Waals surface area contributed by atoms with Crippen LogP contribution in [0.15, 0.2) is 0 Å². The molecule has 1 aliphatic rings. The van der Waals surface area contributed by atoms with Gasteiger partial charge in [-0.2, -0.15) is 5.06 Å². The molecule has 1 rings (SSSR count). The SMILES string of the molecule is CC(C)(C)N1CCO1. The van der Waals surface area contributed by atoms with Gasteiger partial charge in [-0.05, 0) is 20.8 Å². The van der Waals surface area contributed by atoms with Crippen molar-refractivity contribution in [2.24, 2.45) is 0 Å². The summed E-state index contributed by atoms with van der Waals surface area (Å²) in [7, 11) is 0. The van der Waals surface area contributed by atoms with E-state index in [-0.39, 0.29) is 5.54 Å². The highest BCUT2D eigenvalue weighted by molar-refractivity contribution is 4.72. The van der Waals surface area contributed by atoms with Gasteiger partial charge in [0.1, 0.15) is 0 Å². The van der Waals surface area contributed by atoms with Crippen LogP contribution in [0.25, 0.3) is 0 Å². The first kappa shape index (κ1) is 6.05. The summed E-state index contributed by atoms with van der Waals surface area (Å²) in [6.07, 6.45) is 0. The third-order valence-electron chi connectivity index (χ3n) is 1.29. The number of nitrogens with zero attached hydrogens (tertiary/aromatic N) is 1. The lowest BCUT2D eigenvalue weighted by Crippen LogP contribution is -2.51. The lowest BCUT2D eigenvalue weighted by Gasteiger charge is -2.40. The fraction of sp³-hybridized carbons (Fsp3) is 1.00. The van der Waals surface area contributed by atoms with Crippen molar-refractivity contribution in [1.82, 2.24) is 5.06 Å². The molecule has 0 aliphatic carbocycles. The number of hydrogen-bond donors (Lipinski definition) is 0. The standard InChI is InChI=1S/C6H13NO/c1-6(2,3)7-4-5-8-7/h4-5H2,1-3H3. The molecule has 0 amide bonds. The molecule has 0 N–H and O–H groups in total. The molecule has 0 aromatic rings. The molecule has 0 spiro atoms. The molecule has 48 valence electrons. The second-order valence-electron chi connectivity index (χ2n) is 3.11. The summed E-state index contributed by atoms with van der Waals surface area (Å²) in [6.45, 7) is 8.42. The monoisotopic (exact) mass is 115 g/mol. The van der Waals surface area contributed by atoms with Crippen LogP contribution in [0.4, 0.5) is 0 Å². The first-order valence-electron chi connectivity index (χ1n) is 3.01. The van der Waals surface area contributed by atoms with Crippen LogP contribution in [-0.2, 0) is 4.84 Å². The second kappa shape index (κ2) is 1.71. The van der Waals surface area contributed by atoms with Crippen molar-refractivity contribution in [3.63, 3.8) is 0 Å². The molecule has 0 aromatic carbocycles. The first-order valence-corrected chi connectivity index (χ1v) is 3.01. The van der Waals surface area contributed by atoms with E-state index in [9.17, 15) is 0 Å². The largest absolute Gasteiger partial charge is 0.297 e. The third-order valence-corrected chi connectivity index (χ3v) is 1.29. The predicted molar refractivity (Wildman–Crippen MR) is 32.4 cm³/mol. The Morgan fingerprint density at radius 2 is 1.88 bits per heavy atom. The Balaban J connectivity index is 2.34. The number of hydroxylamine groups is 2. The van der Waals surface area contributed by atoms with E-state index in [2.05, 4.69) is 20.8 Å². The lowest BCUT2D eigenvalue weighted by molar-refractivity contribution is -0.289. The van der Waals surface area contributed by atoms with Crippen molar-refractivity contribution in [2.45, 2.75) is 26.3 Å². The molecule has 0 atom stereocenters. The molecule has 1 heterocycles. The quantitative estimate of drug-likeness (QED) is 0.467. The molecule has 0 radical (unpaired) electrons. The van der Waals surface area contributed by atoms with Crippen LogP contribution in [0.5, 0.6) is 0 Å². The van der Waals surface area contributed by atoms with Gasteiger partial charge in [-0.25, -0.2) is 0 Å². The van der Waals surface area contributed by atoms with Gasteiger partial charge in [0.05, 0.1) is 13.2 Å². The average Bonchev–Trinajstić information content (AvgIpc) is 1.16. The summed E-state index contributed by atoms with van der Waals surface area (Å²) in [6, 6.07) is 0. The molecular formula is C6H13NO. The van der Waals surface area contributed by atoms with E-state index in [1.165, 1.54) is 0 Å². The predicted octanol–water partition coefficient (Wildman–Crippen LogP) is 1.03. The third kappa shape index (κ3) is 1.01. The molecular weight excluding hydrogens is 102 g/mol. The van der Waals surface area contributed by atoms with E-state index in [0.717, 1.165) is 13.2 Å². The topological polar surface area (TPSA) is 12.5 Å². The average molecular weight is 115 g/mol. The second-order valence-corrected chi connectivity index (χ2v) is 3.11. The Kier molecular flexibility index (Phi) is 1.29. The van der Waals surface area contributed by atoms with Gasteiger partial charge in [-0.1, -0.05) is 0 Å². The number of rotatable bonds is 0. The minimum Gasteiger partial charge on any atom is -0.297 e. The highest BCUT2D eigenvalue weighted by Gasteiger charge is 2.27. The molecule has 1 aliphatic heterocycles. The Labute approximate surface area is 50.4 Å². The van der Waals surface area contributed by atoms with E-state index >= 15 is 0 Å². The van der Waals surface area contributed by atoms with Crippen molar-refractivity contribution in [3.8, 4) is 0 Å². The highest BCUT2D eigenvalue weighted by Crippen LogP contribution is 2.17. The van der Waals surface area contributed by atoms with Gasteiger partial charge >= 0.3 is 0 Å². The van der Waals surface area contributed by atoms with E-state index in [1.807, 2.05) is 5.06 Å². The van der Waals surface area contributed by atoms with Crippen LogP contribution in [-0.4, -0.2) is 23.8 Å². The molecule has 0 unspecified atom stereocenters.